The summed E-state index contributed by atoms with van der Waals surface area (Å²) in [6.07, 6.45) is 0.981. The van der Waals surface area contributed by atoms with E-state index >= 15 is 0 Å². The molecule has 1 atom stereocenters. The molecule has 4 nitrogen and oxygen atoms in total. The molecule has 108 valence electrons. The van der Waals surface area contributed by atoms with Crippen LogP contribution in [0, 0.1) is 0 Å². The SMILES string of the molecule is CCc1nn(C)c(CN2CCN(CC)C(C)C2)c1Br. The summed E-state index contributed by atoms with van der Waals surface area (Å²) >= 11 is 3.71. The molecule has 0 aromatic carbocycles. The van der Waals surface area contributed by atoms with Gasteiger partial charge in [-0.2, -0.15) is 5.10 Å². The lowest BCUT2D eigenvalue weighted by Gasteiger charge is -2.39. The third kappa shape index (κ3) is 3.20. The number of aromatic nitrogens is 2. The highest BCUT2D eigenvalue weighted by molar-refractivity contribution is 9.10. The van der Waals surface area contributed by atoms with Crippen molar-refractivity contribution in [2.45, 2.75) is 39.8 Å². The molecular weight excluding hydrogens is 304 g/mol. The molecule has 0 bridgehead atoms. The van der Waals surface area contributed by atoms with Crippen molar-refractivity contribution in [1.29, 1.82) is 0 Å². The number of aryl methyl sites for hydroxylation is 2. The van der Waals surface area contributed by atoms with Crippen LogP contribution in [0.15, 0.2) is 4.47 Å². The van der Waals surface area contributed by atoms with E-state index in [0.29, 0.717) is 6.04 Å². The van der Waals surface area contributed by atoms with E-state index in [-0.39, 0.29) is 0 Å². The highest BCUT2D eigenvalue weighted by Crippen LogP contribution is 2.23. The van der Waals surface area contributed by atoms with E-state index in [0.717, 1.165) is 38.3 Å². The molecule has 19 heavy (non-hydrogen) atoms. The first-order valence-electron chi connectivity index (χ1n) is 7.23. The summed E-state index contributed by atoms with van der Waals surface area (Å²) in [5.41, 5.74) is 2.46. The lowest BCUT2D eigenvalue weighted by atomic mass is 10.2. The highest BCUT2D eigenvalue weighted by Gasteiger charge is 2.24. The maximum Gasteiger partial charge on any atom is 0.0767 e. The summed E-state index contributed by atoms with van der Waals surface area (Å²) < 4.78 is 3.22. The highest BCUT2D eigenvalue weighted by atomic mass is 79.9. The molecule has 5 heteroatoms. The number of piperazine rings is 1. The molecule has 1 aromatic heterocycles. The minimum atomic E-state index is 0.649. The van der Waals surface area contributed by atoms with Gasteiger partial charge in [-0.1, -0.05) is 13.8 Å². The second kappa shape index (κ2) is 6.37. The van der Waals surface area contributed by atoms with Crippen LogP contribution in [0.1, 0.15) is 32.2 Å². The van der Waals surface area contributed by atoms with Crippen molar-refractivity contribution >= 4 is 15.9 Å². The quantitative estimate of drug-likeness (QED) is 0.847. The van der Waals surface area contributed by atoms with Crippen LogP contribution in [0.2, 0.25) is 0 Å². The van der Waals surface area contributed by atoms with Crippen molar-refractivity contribution in [1.82, 2.24) is 19.6 Å². The zero-order valence-electron chi connectivity index (χ0n) is 12.5. The number of rotatable bonds is 4. The molecule has 0 saturated carbocycles. The third-order valence-electron chi connectivity index (χ3n) is 4.13. The molecule has 1 fully saturated rings. The Morgan fingerprint density at radius 2 is 2.05 bits per heavy atom. The van der Waals surface area contributed by atoms with Gasteiger partial charge >= 0.3 is 0 Å². The van der Waals surface area contributed by atoms with Gasteiger partial charge in [-0.05, 0) is 35.8 Å². The van der Waals surface area contributed by atoms with Gasteiger partial charge in [0, 0.05) is 39.3 Å². The Morgan fingerprint density at radius 1 is 1.32 bits per heavy atom. The fourth-order valence-corrected chi connectivity index (χ4v) is 3.63. The average Bonchev–Trinajstić information content (AvgIpc) is 2.66. The zero-order valence-corrected chi connectivity index (χ0v) is 14.1. The lowest BCUT2D eigenvalue weighted by Crippen LogP contribution is -2.51. The molecule has 1 aliphatic rings. The topological polar surface area (TPSA) is 24.3 Å². The molecule has 1 saturated heterocycles. The fourth-order valence-electron chi connectivity index (χ4n) is 2.89. The summed E-state index contributed by atoms with van der Waals surface area (Å²) in [4.78, 5) is 5.09. The lowest BCUT2D eigenvalue weighted by molar-refractivity contribution is 0.0817. The molecule has 1 aromatic rings. The normalized spacial score (nSPS) is 22.1. The van der Waals surface area contributed by atoms with Crippen molar-refractivity contribution in [3.8, 4) is 0 Å². The summed E-state index contributed by atoms with van der Waals surface area (Å²) in [6.45, 7) is 12.3. The average molecular weight is 329 g/mol. The van der Waals surface area contributed by atoms with Crippen molar-refractivity contribution in [2.24, 2.45) is 7.05 Å². The number of hydrogen-bond donors (Lipinski definition) is 0. The van der Waals surface area contributed by atoms with Crippen molar-refractivity contribution in [3.63, 3.8) is 0 Å². The molecule has 2 heterocycles. The van der Waals surface area contributed by atoms with Crippen molar-refractivity contribution < 1.29 is 0 Å². The largest absolute Gasteiger partial charge is 0.298 e. The number of hydrogen-bond acceptors (Lipinski definition) is 3. The first-order valence-corrected chi connectivity index (χ1v) is 8.02. The molecule has 0 amide bonds. The maximum absolute atomic E-state index is 4.58. The van der Waals surface area contributed by atoms with E-state index in [1.54, 1.807) is 0 Å². The second-order valence-electron chi connectivity index (χ2n) is 5.40. The second-order valence-corrected chi connectivity index (χ2v) is 6.19. The van der Waals surface area contributed by atoms with E-state index in [2.05, 4.69) is 51.6 Å². The Labute approximate surface area is 124 Å². The maximum atomic E-state index is 4.58. The molecule has 0 radical (unpaired) electrons. The summed E-state index contributed by atoms with van der Waals surface area (Å²) in [6, 6.07) is 0.649. The van der Waals surface area contributed by atoms with Crippen LogP contribution in [0.25, 0.3) is 0 Å². The third-order valence-corrected chi connectivity index (χ3v) is 5.05. The standard InChI is InChI=1S/C14H25BrN4/c1-5-12-14(15)13(17(4)16-12)10-18-7-8-19(6-2)11(3)9-18/h11H,5-10H2,1-4H3. The van der Waals surface area contributed by atoms with E-state index in [9.17, 15) is 0 Å². The Morgan fingerprint density at radius 3 is 2.58 bits per heavy atom. The van der Waals surface area contributed by atoms with Crippen LogP contribution in [0.4, 0.5) is 0 Å². The number of halogens is 1. The molecule has 0 spiro atoms. The van der Waals surface area contributed by atoms with Gasteiger partial charge in [0.15, 0.2) is 0 Å². The van der Waals surface area contributed by atoms with Crippen LogP contribution >= 0.6 is 15.9 Å². The van der Waals surface area contributed by atoms with Crippen LogP contribution in [-0.4, -0.2) is 51.8 Å². The van der Waals surface area contributed by atoms with Crippen LogP contribution < -0.4 is 0 Å². The Bertz CT molecular complexity index is 429. The Kier molecular flexibility index (Phi) is 5.03. The Hall–Kier alpha value is -0.390. The molecule has 0 N–H and O–H groups in total. The van der Waals surface area contributed by atoms with Crippen LogP contribution in [-0.2, 0) is 20.0 Å². The van der Waals surface area contributed by atoms with E-state index < -0.39 is 0 Å². The summed E-state index contributed by atoms with van der Waals surface area (Å²) in [7, 11) is 2.05. The van der Waals surface area contributed by atoms with Crippen molar-refractivity contribution in [2.75, 3.05) is 26.2 Å². The minimum Gasteiger partial charge on any atom is -0.298 e. The van der Waals surface area contributed by atoms with Gasteiger partial charge in [0.2, 0.25) is 0 Å². The van der Waals surface area contributed by atoms with Gasteiger partial charge in [-0.15, -0.1) is 0 Å². The minimum absolute atomic E-state index is 0.649. The van der Waals surface area contributed by atoms with Crippen LogP contribution in [0.3, 0.4) is 0 Å². The Balaban J connectivity index is 2.04. The van der Waals surface area contributed by atoms with E-state index in [1.165, 1.54) is 16.7 Å². The predicted octanol–water partition coefficient (Wildman–Crippen LogP) is 2.27. The molecular formula is C14H25BrN4. The first kappa shape index (κ1) is 15.0. The van der Waals surface area contributed by atoms with Crippen LogP contribution in [0.5, 0.6) is 0 Å². The molecule has 1 aliphatic heterocycles. The zero-order chi connectivity index (χ0) is 14.0. The van der Waals surface area contributed by atoms with Gasteiger partial charge in [0.1, 0.15) is 0 Å². The van der Waals surface area contributed by atoms with Gasteiger partial charge in [-0.3, -0.25) is 14.5 Å². The molecule has 0 aliphatic carbocycles. The summed E-state index contributed by atoms with van der Waals surface area (Å²) in [5, 5.41) is 4.58. The van der Waals surface area contributed by atoms with Gasteiger partial charge in [0.25, 0.3) is 0 Å². The summed E-state index contributed by atoms with van der Waals surface area (Å²) in [5.74, 6) is 0. The first-order chi connectivity index (χ1) is 9.06. The molecule has 2 rings (SSSR count). The van der Waals surface area contributed by atoms with Gasteiger partial charge in [-0.25, -0.2) is 0 Å². The van der Waals surface area contributed by atoms with E-state index in [1.807, 2.05) is 11.7 Å². The molecule has 1 unspecified atom stereocenters. The number of nitrogens with zero attached hydrogens (tertiary/aromatic N) is 4. The smallest absolute Gasteiger partial charge is 0.0767 e. The van der Waals surface area contributed by atoms with Gasteiger partial charge in [0.05, 0.1) is 15.9 Å². The predicted molar refractivity (Wildman–Crippen MR) is 82.3 cm³/mol. The fraction of sp³-hybridized carbons (Fsp3) is 0.786. The van der Waals surface area contributed by atoms with Gasteiger partial charge < -0.3 is 0 Å². The van der Waals surface area contributed by atoms with Crippen molar-refractivity contribution in [3.05, 3.63) is 15.9 Å². The number of likely N-dealkylation sites (N-methyl/N-ethyl adjacent to an activating group) is 1. The monoisotopic (exact) mass is 328 g/mol. The van der Waals surface area contributed by atoms with E-state index in [4.69, 9.17) is 0 Å².